The second-order valence-corrected chi connectivity index (χ2v) is 5.90. The van der Waals surface area contributed by atoms with Gasteiger partial charge in [0.2, 0.25) is 0 Å². The molecule has 0 unspecified atom stereocenters. The molecule has 2 N–H and O–H groups in total. The number of hydrogen-bond donors (Lipinski definition) is 2. The van der Waals surface area contributed by atoms with E-state index in [1.807, 2.05) is 30.3 Å². The molecule has 1 saturated heterocycles. The van der Waals surface area contributed by atoms with Crippen LogP contribution in [0, 0.1) is 0 Å². The third-order valence-electron chi connectivity index (χ3n) is 4.03. The van der Waals surface area contributed by atoms with E-state index in [0.29, 0.717) is 25.8 Å². The number of carbonyl (C=O) groups excluding carboxylic acids is 1. The smallest absolute Gasteiger partial charge is 0.315 e. The number of furan rings is 1. The molecule has 2 amide bonds. The van der Waals surface area contributed by atoms with Crippen LogP contribution in [0.1, 0.15) is 25.0 Å². The van der Waals surface area contributed by atoms with Crippen LogP contribution in [0.25, 0.3) is 11.0 Å². The number of fused-ring (bicyclic) bond motifs is 1. The van der Waals surface area contributed by atoms with Gasteiger partial charge in [-0.25, -0.2) is 4.79 Å². The van der Waals surface area contributed by atoms with Gasteiger partial charge >= 0.3 is 6.03 Å². The molecule has 1 aliphatic heterocycles. The van der Waals surface area contributed by atoms with Crippen molar-refractivity contribution in [2.45, 2.75) is 31.9 Å². The van der Waals surface area contributed by atoms with Crippen LogP contribution >= 0.6 is 0 Å². The van der Waals surface area contributed by atoms with E-state index in [9.17, 15) is 4.79 Å². The Morgan fingerprint density at radius 3 is 2.88 bits per heavy atom. The molecule has 2 heterocycles. The summed E-state index contributed by atoms with van der Waals surface area (Å²) in [5.41, 5.74) is 0.833. The van der Waals surface area contributed by atoms with Crippen LogP contribution in [-0.4, -0.2) is 38.5 Å². The van der Waals surface area contributed by atoms with Crippen molar-refractivity contribution in [1.29, 1.82) is 0 Å². The first-order valence-corrected chi connectivity index (χ1v) is 8.50. The summed E-state index contributed by atoms with van der Waals surface area (Å²) in [6.07, 6.45) is 3.03. The average Bonchev–Trinajstić information content (AvgIpc) is 3.03. The zero-order valence-corrected chi connectivity index (χ0v) is 13.8. The Balaban J connectivity index is 1.28. The molecule has 6 heteroatoms. The van der Waals surface area contributed by atoms with E-state index in [-0.39, 0.29) is 6.03 Å². The zero-order chi connectivity index (χ0) is 16.6. The van der Waals surface area contributed by atoms with E-state index < -0.39 is 0 Å². The second kappa shape index (κ2) is 8.70. The van der Waals surface area contributed by atoms with Crippen molar-refractivity contribution in [3.63, 3.8) is 0 Å². The molecule has 1 fully saturated rings. The molecule has 0 bridgehead atoms. The molecule has 3 rings (SSSR count). The molecule has 0 spiro atoms. The Morgan fingerprint density at radius 1 is 1.21 bits per heavy atom. The maximum absolute atomic E-state index is 11.8. The minimum absolute atomic E-state index is 0.193. The molecule has 0 atom stereocenters. The van der Waals surface area contributed by atoms with Crippen LogP contribution in [0.15, 0.2) is 34.7 Å². The number of nitrogens with one attached hydrogen (secondary N) is 2. The molecule has 1 aromatic heterocycles. The summed E-state index contributed by atoms with van der Waals surface area (Å²) in [6.45, 7) is 3.20. The van der Waals surface area contributed by atoms with Crippen molar-refractivity contribution in [2.24, 2.45) is 0 Å². The number of amides is 2. The fourth-order valence-electron chi connectivity index (χ4n) is 2.72. The quantitative estimate of drug-likeness (QED) is 0.765. The molecule has 24 heavy (non-hydrogen) atoms. The highest BCUT2D eigenvalue weighted by atomic mass is 16.5. The third-order valence-corrected chi connectivity index (χ3v) is 4.03. The number of hydrogen-bond acceptors (Lipinski definition) is 4. The van der Waals surface area contributed by atoms with Gasteiger partial charge in [0.05, 0.1) is 12.6 Å². The van der Waals surface area contributed by atoms with Crippen molar-refractivity contribution in [1.82, 2.24) is 10.6 Å². The molecular weight excluding hydrogens is 308 g/mol. The number of benzene rings is 1. The normalized spacial score (nSPS) is 15.5. The van der Waals surface area contributed by atoms with E-state index in [2.05, 4.69) is 10.6 Å². The molecule has 6 nitrogen and oxygen atoms in total. The predicted octanol–water partition coefficient (Wildman–Crippen LogP) is 2.82. The average molecular weight is 332 g/mol. The van der Waals surface area contributed by atoms with Crippen molar-refractivity contribution in [3.8, 4) is 0 Å². The van der Waals surface area contributed by atoms with Crippen LogP contribution in [-0.2, 0) is 16.0 Å². The highest BCUT2D eigenvalue weighted by molar-refractivity contribution is 5.78. The van der Waals surface area contributed by atoms with Crippen molar-refractivity contribution in [2.75, 3.05) is 26.4 Å². The van der Waals surface area contributed by atoms with Gasteiger partial charge in [0.25, 0.3) is 0 Å². The largest absolute Gasteiger partial charge is 0.459 e. The minimum Gasteiger partial charge on any atom is -0.459 e. The van der Waals surface area contributed by atoms with Gasteiger partial charge in [-0.15, -0.1) is 0 Å². The van der Waals surface area contributed by atoms with Gasteiger partial charge in [-0.2, -0.15) is 0 Å². The summed E-state index contributed by atoms with van der Waals surface area (Å²) in [5.74, 6) is 0.745. The topological polar surface area (TPSA) is 72.7 Å². The first-order chi connectivity index (χ1) is 11.8. The number of urea groups is 1. The Labute approximate surface area is 141 Å². The number of ether oxygens (including phenoxy) is 2. The minimum atomic E-state index is -0.193. The number of rotatable bonds is 7. The fraction of sp³-hybridized carbons (Fsp3) is 0.500. The lowest BCUT2D eigenvalue weighted by Gasteiger charge is -2.22. The van der Waals surface area contributed by atoms with Gasteiger partial charge in [-0.3, -0.25) is 0 Å². The summed E-state index contributed by atoms with van der Waals surface area (Å²) in [7, 11) is 0. The highest BCUT2D eigenvalue weighted by Gasteiger charge is 2.13. The monoisotopic (exact) mass is 332 g/mol. The summed E-state index contributed by atoms with van der Waals surface area (Å²) >= 11 is 0. The molecule has 130 valence electrons. The SMILES string of the molecule is O=C(NCCCOC1CCOCC1)NCc1cc2ccccc2o1. The summed E-state index contributed by atoms with van der Waals surface area (Å²) in [4.78, 5) is 11.8. The van der Waals surface area contributed by atoms with Crippen LogP contribution in [0.3, 0.4) is 0 Å². The van der Waals surface area contributed by atoms with Crippen LogP contribution in [0.4, 0.5) is 4.79 Å². The van der Waals surface area contributed by atoms with Gasteiger partial charge in [0.15, 0.2) is 0 Å². The van der Waals surface area contributed by atoms with E-state index in [1.54, 1.807) is 0 Å². The Bertz CT molecular complexity index is 616. The van der Waals surface area contributed by atoms with Gasteiger partial charge in [0, 0.05) is 31.8 Å². The Hall–Kier alpha value is -2.05. The lowest BCUT2D eigenvalue weighted by atomic mass is 10.1. The molecule has 1 aromatic carbocycles. The zero-order valence-electron chi connectivity index (χ0n) is 13.8. The van der Waals surface area contributed by atoms with Gasteiger partial charge in [-0.1, -0.05) is 18.2 Å². The lowest BCUT2D eigenvalue weighted by Crippen LogP contribution is -2.36. The molecule has 1 aliphatic rings. The standard InChI is InChI=1S/C18H24N2O4/c21-18(19-8-3-9-23-15-6-10-22-11-7-15)20-13-16-12-14-4-1-2-5-17(14)24-16/h1-2,4-5,12,15H,3,6-11,13H2,(H2,19,20,21). The van der Waals surface area contributed by atoms with E-state index in [1.165, 1.54) is 0 Å². The molecular formula is C18H24N2O4. The molecule has 2 aromatic rings. The van der Waals surface area contributed by atoms with Crippen LogP contribution in [0.5, 0.6) is 0 Å². The predicted molar refractivity (Wildman–Crippen MR) is 90.9 cm³/mol. The summed E-state index contributed by atoms with van der Waals surface area (Å²) in [5, 5.41) is 6.67. The fourth-order valence-corrected chi connectivity index (χ4v) is 2.72. The molecule has 0 radical (unpaired) electrons. The third kappa shape index (κ3) is 4.97. The van der Waals surface area contributed by atoms with Crippen molar-refractivity contribution < 1.29 is 18.7 Å². The highest BCUT2D eigenvalue weighted by Crippen LogP contribution is 2.18. The van der Waals surface area contributed by atoms with Crippen LogP contribution in [0.2, 0.25) is 0 Å². The Morgan fingerprint density at radius 2 is 2.04 bits per heavy atom. The molecule has 0 aliphatic carbocycles. The number of para-hydroxylation sites is 1. The van der Waals surface area contributed by atoms with Gasteiger partial charge < -0.3 is 24.5 Å². The Kier molecular flexibility index (Phi) is 6.09. The second-order valence-electron chi connectivity index (χ2n) is 5.90. The summed E-state index contributed by atoms with van der Waals surface area (Å²) in [6, 6.07) is 9.54. The van der Waals surface area contributed by atoms with E-state index in [0.717, 1.165) is 49.2 Å². The number of carbonyl (C=O) groups is 1. The van der Waals surface area contributed by atoms with Gasteiger partial charge in [-0.05, 0) is 31.4 Å². The summed E-state index contributed by atoms with van der Waals surface area (Å²) < 4.78 is 16.7. The maximum Gasteiger partial charge on any atom is 0.315 e. The van der Waals surface area contributed by atoms with Crippen molar-refractivity contribution >= 4 is 17.0 Å². The lowest BCUT2D eigenvalue weighted by molar-refractivity contribution is -0.0320. The van der Waals surface area contributed by atoms with E-state index in [4.69, 9.17) is 13.9 Å². The van der Waals surface area contributed by atoms with Crippen molar-refractivity contribution in [3.05, 3.63) is 36.1 Å². The molecule has 0 saturated carbocycles. The maximum atomic E-state index is 11.8. The van der Waals surface area contributed by atoms with Gasteiger partial charge in [0.1, 0.15) is 11.3 Å². The van der Waals surface area contributed by atoms with Crippen LogP contribution < -0.4 is 10.6 Å². The van der Waals surface area contributed by atoms with E-state index >= 15 is 0 Å². The first-order valence-electron chi connectivity index (χ1n) is 8.50. The first kappa shape index (κ1) is 16.8.